The van der Waals surface area contributed by atoms with E-state index in [2.05, 4.69) is 19.9 Å². The number of rotatable bonds is 6. The molecule has 0 radical (unpaired) electrons. The summed E-state index contributed by atoms with van der Waals surface area (Å²) in [6.07, 6.45) is 3.88. The SMILES string of the molecule is Cc1ccc(NC(=O)c2cc(N3CCCC3)ccn2)cc1S(=O)(=O)Nc1ccccc1Cl. The molecule has 32 heavy (non-hydrogen) atoms. The van der Waals surface area contributed by atoms with Crippen molar-refractivity contribution in [1.29, 1.82) is 0 Å². The quantitative estimate of drug-likeness (QED) is 0.545. The van der Waals surface area contributed by atoms with E-state index in [4.69, 9.17) is 11.6 Å². The van der Waals surface area contributed by atoms with Gasteiger partial charge in [0.05, 0.1) is 15.6 Å². The summed E-state index contributed by atoms with van der Waals surface area (Å²) in [5.41, 5.74) is 2.41. The molecular formula is C23H23ClN4O3S. The largest absolute Gasteiger partial charge is 0.371 e. The van der Waals surface area contributed by atoms with Crippen LogP contribution in [-0.4, -0.2) is 32.4 Å². The summed E-state index contributed by atoms with van der Waals surface area (Å²) in [5.74, 6) is -0.405. The molecule has 1 amide bonds. The van der Waals surface area contributed by atoms with Crippen molar-refractivity contribution in [3.8, 4) is 0 Å². The van der Waals surface area contributed by atoms with Crippen LogP contribution in [0.5, 0.6) is 0 Å². The molecule has 166 valence electrons. The molecule has 3 aromatic rings. The maximum absolute atomic E-state index is 13.0. The van der Waals surface area contributed by atoms with Crippen molar-refractivity contribution in [3.63, 3.8) is 0 Å². The maximum atomic E-state index is 13.0. The molecule has 0 saturated carbocycles. The molecular weight excluding hydrogens is 448 g/mol. The predicted molar refractivity (Wildman–Crippen MR) is 127 cm³/mol. The van der Waals surface area contributed by atoms with Crippen LogP contribution >= 0.6 is 11.6 Å². The van der Waals surface area contributed by atoms with Gasteiger partial charge in [0.2, 0.25) is 0 Å². The molecule has 1 aliphatic heterocycles. The first kappa shape index (κ1) is 22.1. The van der Waals surface area contributed by atoms with Gasteiger partial charge in [0.25, 0.3) is 15.9 Å². The maximum Gasteiger partial charge on any atom is 0.274 e. The number of para-hydroxylation sites is 1. The molecule has 0 aliphatic carbocycles. The van der Waals surface area contributed by atoms with Crippen molar-refractivity contribution < 1.29 is 13.2 Å². The number of amides is 1. The fourth-order valence-electron chi connectivity index (χ4n) is 3.62. The third-order valence-electron chi connectivity index (χ3n) is 5.30. The number of anilines is 3. The second-order valence-electron chi connectivity index (χ2n) is 7.61. The fraction of sp³-hybridized carbons (Fsp3) is 0.217. The second-order valence-corrected chi connectivity index (χ2v) is 9.67. The zero-order chi connectivity index (χ0) is 22.7. The molecule has 1 aromatic heterocycles. The summed E-state index contributed by atoms with van der Waals surface area (Å²) < 4.78 is 28.5. The second kappa shape index (κ2) is 9.18. The average Bonchev–Trinajstić information content (AvgIpc) is 3.31. The van der Waals surface area contributed by atoms with Gasteiger partial charge in [0.15, 0.2) is 0 Å². The van der Waals surface area contributed by atoms with Crippen molar-refractivity contribution in [2.45, 2.75) is 24.7 Å². The van der Waals surface area contributed by atoms with Gasteiger partial charge in [0.1, 0.15) is 5.69 Å². The number of carbonyl (C=O) groups is 1. The van der Waals surface area contributed by atoms with E-state index in [-0.39, 0.29) is 16.3 Å². The lowest BCUT2D eigenvalue weighted by Crippen LogP contribution is -2.20. The summed E-state index contributed by atoms with van der Waals surface area (Å²) >= 11 is 6.09. The average molecular weight is 471 g/mol. The number of aromatic nitrogens is 1. The molecule has 0 atom stereocenters. The number of sulfonamides is 1. The lowest BCUT2D eigenvalue weighted by atomic mass is 10.2. The van der Waals surface area contributed by atoms with E-state index in [1.54, 1.807) is 55.6 Å². The molecule has 1 fully saturated rings. The highest BCUT2D eigenvalue weighted by atomic mass is 35.5. The third kappa shape index (κ3) is 4.87. The summed E-state index contributed by atoms with van der Waals surface area (Å²) in [4.78, 5) is 19.2. The number of nitrogens with one attached hydrogen (secondary N) is 2. The van der Waals surface area contributed by atoms with Crippen LogP contribution in [0.2, 0.25) is 5.02 Å². The summed E-state index contributed by atoms with van der Waals surface area (Å²) in [6.45, 7) is 3.61. The molecule has 2 aromatic carbocycles. The summed E-state index contributed by atoms with van der Waals surface area (Å²) in [7, 11) is -3.92. The van der Waals surface area contributed by atoms with E-state index < -0.39 is 15.9 Å². The van der Waals surface area contributed by atoms with Crippen molar-refractivity contribution in [2.75, 3.05) is 28.0 Å². The van der Waals surface area contributed by atoms with Gasteiger partial charge in [0, 0.05) is 30.7 Å². The standard InChI is InChI=1S/C23H23ClN4O3S/c1-16-8-9-17(14-22(16)32(30,31)27-20-7-3-2-6-19(20)24)26-23(29)21-15-18(10-11-25-21)28-12-4-5-13-28/h2-3,6-11,14-15,27H,4-5,12-13H2,1H3,(H,26,29). The Balaban J connectivity index is 1.56. The number of hydrogen-bond donors (Lipinski definition) is 2. The molecule has 0 spiro atoms. The van der Waals surface area contributed by atoms with Crippen LogP contribution in [-0.2, 0) is 10.0 Å². The number of carbonyl (C=O) groups excluding carboxylic acids is 1. The van der Waals surface area contributed by atoms with Crippen LogP contribution in [0, 0.1) is 6.92 Å². The minimum Gasteiger partial charge on any atom is -0.371 e. The number of hydrogen-bond acceptors (Lipinski definition) is 5. The van der Waals surface area contributed by atoms with Gasteiger partial charge >= 0.3 is 0 Å². The Morgan fingerprint density at radius 1 is 1.06 bits per heavy atom. The normalized spacial score (nSPS) is 13.8. The van der Waals surface area contributed by atoms with E-state index in [1.165, 1.54) is 6.07 Å². The van der Waals surface area contributed by atoms with Crippen molar-refractivity contribution >= 4 is 44.6 Å². The van der Waals surface area contributed by atoms with Gasteiger partial charge in [-0.15, -0.1) is 0 Å². The van der Waals surface area contributed by atoms with Crippen molar-refractivity contribution in [1.82, 2.24) is 4.98 Å². The van der Waals surface area contributed by atoms with Crippen LogP contribution < -0.4 is 14.9 Å². The first-order chi connectivity index (χ1) is 15.3. The minimum absolute atomic E-state index is 0.0500. The molecule has 7 nitrogen and oxygen atoms in total. The number of halogens is 1. The monoisotopic (exact) mass is 470 g/mol. The van der Waals surface area contributed by atoms with Crippen LogP contribution in [0.25, 0.3) is 0 Å². The van der Waals surface area contributed by atoms with E-state index in [0.29, 0.717) is 16.3 Å². The first-order valence-corrected chi connectivity index (χ1v) is 12.1. The van der Waals surface area contributed by atoms with E-state index in [0.717, 1.165) is 31.6 Å². The zero-order valence-corrected chi connectivity index (χ0v) is 19.1. The van der Waals surface area contributed by atoms with Gasteiger partial charge in [-0.05, 0) is 61.7 Å². The molecule has 0 unspecified atom stereocenters. The summed E-state index contributed by atoms with van der Waals surface area (Å²) in [6, 6.07) is 15.0. The molecule has 9 heteroatoms. The van der Waals surface area contributed by atoms with Crippen LogP contribution in [0.4, 0.5) is 17.1 Å². The number of benzene rings is 2. The van der Waals surface area contributed by atoms with Crippen molar-refractivity contribution in [3.05, 3.63) is 77.1 Å². The number of nitrogens with zero attached hydrogens (tertiary/aromatic N) is 2. The number of pyridine rings is 1. The van der Waals surface area contributed by atoms with Crippen molar-refractivity contribution in [2.24, 2.45) is 0 Å². The highest BCUT2D eigenvalue weighted by Crippen LogP contribution is 2.27. The van der Waals surface area contributed by atoms with Crippen LogP contribution in [0.3, 0.4) is 0 Å². The Morgan fingerprint density at radius 2 is 1.81 bits per heavy atom. The van der Waals surface area contributed by atoms with Gasteiger partial charge in [-0.3, -0.25) is 14.5 Å². The zero-order valence-electron chi connectivity index (χ0n) is 17.5. The predicted octanol–water partition coefficient (Wildman–Crippen LogP) is 4.70. The number of aryl methyl sites for hydroxylation is 1. The Bertz CT molecular complexity index is 1260. The lowest BCUT2D eigenvalue weighted by Gasteiger charge is -2.18. The highest BCUT2D eigenvalue weighted by Gasteiger charge is 2.20. The fourth-order valence-corrected chi connectivity index (χ4v) is 5.21. The molecule has 4 rings (SSSR count). The molecule has 0 bridgehead atoms. The molecule has 1 saturated heterocycles. The smallest absolute Gasteiger partial charge is 0.274 e. The summed E-state index contributed by atoms with van der Waals surface area (Å²) in [5, 5.41) is 3.05. The minimum atomic E-state index is -3.92. The van der Waals surface area contributed by atoms with E-state index in [1.807, 2.05) is 6.07 Å². The lowest BCUT2D eigenvalue weighted by molar-refractivity contribution is 0.102. The molecule has 2 N–H and O–H groups in total. The topological polar surface area (TPSA) is 91.4 Å². The van der Waals surface area contributed by atoms with Gasteiger partial charge < -0.3 is 10.2 Å². The van der Waals surface area contributed by atoms with Gasteiger partial charge in [-0.1, -0.05) is 29.8 Å². The Labute approximate surface area is 192 Å². The van der Waals surface area contributed by atoms with E-state index in [9.17, 15) is 13.2 Å². The Hall–Kier alpha value is -3.10. The van der Waals surface area contributed by atoms with E-state index >= 15 is 0 Å². The van der Waals surface area contributed by atoms with Gasteiger partial charge in [-0.25, -0.2) is 8.42 Å². The first-order valence-electron chi connectivity index (χ1n) is 10.2. The van der Waals surface area contributed by atoms with Crippen LogP contribution in [0.15, 0.2) is 65.7 Å². The van der Waals surface area contributed by atoms with Crippen LogP contribution in [0.1, 0.15) is 28.9 Å². The Morgan fingerprint density at radius 3 is 2.56 bits per heavy atom. The Kier molecular flexibility index (Phi) is 6.34. The molecule has 1 aliphatic rings. The molecule has 2 heterocycles. The highest BCUT2D eigenvalue weighted by molar-refractivity contribution is 7.92. The van der Waals surface area contributed by atoms with Gasteiger partial charge in [-0.2, -0.15) is 0 Å². The third-order valence-corrected chi connectivity index (χ3v) is 7.14.